The van der Waals surface area contributed by atoms with Crippen LogP contribution in [0.1, 0.15) is 23.7 Å². The molecule has 0 aliphatic rings. The highest BCUT2D eigenvalue weighted by Crippen LogP contribution is 2.34. The van der Waals surface area contributed by atoms with Crippen molar-refractivity contribution in [3.8, 4) is 0 Å². The maximum Gasteiger partial charge on any atom is 0.230 e. The van der Waals surface area contributed by atoms with Crippen LogP contribution >= 0.6 is 34.4 Å². The predicted octanol–water partition coefficient (Wildman–Crippen LogP) is 5.74. The third kappa shape index (κ3) is 3.80. The highest BCUT2D eigenvalue weighted by Gasteiger charge is 2.20. The lowest BCUT2D eigenvalue weighted by molar-refractivity contribution is -0.115. The molecule has 1 aromatic carbocycles. The number of rotatable bonds is 5. The van der Waals surface area contributed by atoms with Crippen LogP contribution in [0.25, 0.3) is 10.2 Å². The lowest BCUT2D eigenvalue weighted by atomic mass is 10.1. The zero-order chi connectivity index (χ0) is 19.7. The molecular weight excluding hydrogens is 408 g/mol. The van der Waals surface area contributed by atoms with E-state index in [1.165, 1.54) is 16.9 Å². The molecule has 1 amide bonds. The topological polar surface area (TPSA) is 59.0 Å². The van der Waals surface area contributed by atoms with Crippen molar-refractivity contribution in [3.05, 3.63) is 58.2 Å². The normalized spacial score (nSPS) is 11.1. The molecule has 28 heavy (non-hydrogen) atoms. The van der Waals surface area contributed by atoms with E-state index in [1.807, 2.05) is 42.8 Å². The van der Waals surface area contributed by atoms with Crippen LogP contribution in [0.5, 0.6) is 0 Å². The highest BCUT2D eigenvalue weighted by atomic mass is 32.2. The van der Waals surface area contributed by atoms with Gasteiger partial charge in [0.15, 0.2) is 5.13 Å². The summed E-state index contributed by atoms with van der Waals surface area (Å²) in [5.74, 6) is 0.649. The van der Waals surface area contributed by atoms with Crippen molar-refractivity contribution in [1.82, 2.24) is 15.0 Å². The molecule has 0 aliphatic carbocycles. The number of hydrogen-bond acceptors (Lipinski definition) is 7. The van der Waals surface area contributed by atoms with Crippen LogP contribution < -0.4 is 4.90 Å². The van der Waals surface area contributed by atoms with Gasteiger partial charge >= 0.3 is 0 Å². The molecule has 0 spiro atoms. The van der Waals surface area contributed by atoms with Gasteiger partial charge in [0.2, 0.25) is 5.91 Å². The Bertz CT molecular complexity index is 1150. The van der Waals surface area contributed by atoms with Crippen LogP contribution in [0.4, 0.5) is 10.8 Å². The van der Waals surface area contributed by atoms with Gasteiger partial charge in [-0.1, -0.05) is 29.5 Å². The summed E-state index contributed by atoms with van der Waals surface area (Å²) in [6.45, 7) is 5.64. The Morgan fingerprint density at radius 1 is 1.18 bits per heavy atom. The van der Waals surface area contributed by atoms with Crippen LogP contribution in [-0.2, 0) is 10.5 Å². The molecular formula is C20H18N4OS3. The number of thioether (sulfide) groups is 1. The molecule has 3 aromatic heterocycles. The molecule has 0 bridgehead atoms. The Morgan fingerprint density at radius 2 is 2.04 bits per heavy atom. The predicted molar refractivity (Wildman–Crippen MR) is 118 cm³/mol. The van der Waals surface area contributed by atoms with Gasteiger partial charge in [-0.3, -0.25) is 9.69 Å². The molecule has 8 heteroatoms. The number of hydrogen-bond donors (Lipinski definition) is 0. The number of nitrogens with zero attached hydrogens (tertiary/aromatic N) is 4. The second kappa shape index (κ2) is 7.98. The summed E-state index contributed by atoms with van der Waals surface area (Å²) in [6, 6.07) is 8.08. The first-order valence-electron chi connectivity index (χ1n) is 8.66. The van der Waals surface area contributed by atoms with Crippen molar-refractivity contribution in [2.24, 2.45) is 0 Å². The molecule has 0 fully saturated rings. The molecule has 0 saturated heterocycles. The Morgan fingerprint density at radius 3 is 2.82 bits per heavy atom. The summed E-state index contributed by atoms with van der Waals surface area (Å²) in [7, 11) is 0. The number of amides is 1. The van der Waals surface area contributed by atoms with Gasteiger partial charge in [0, 0.05) is 18.1 Å². The number of benzene rings is 1. The molecule has 0 atom stereocenters. The molecule has 0 saturated carbocycles. The summed E-state index contributed by atoms with van der Waals surface area (Å²) < 4.78 is 1.10. The van der Waals surface area contributed by atoms with E-state index in [9.17, 15) is 4.79 Å². The van der Waals surface area contributed by atoms with E-state index >= 15 is 0 Å². The minimum absolute atomic E-state index is 0.0448. The molecule has 0 radical (unpaired) electrons. The van der Waals surface area contributed by atoms with E-state index in [-0.39, 0.29) is 5.91 Å². The Kier molecular flexibility index (Phi) is 5.43. The molecule has 0 N–H and O–H groups in total. The number of thiazole rings is 1. The van der Waals surface area contributed by atoms with Gasteiger partial charge < -0.3 is 0 Å². The monoisotopic (exact) mass is 426 g/mol. The minimum Gasteiger partial charge on any atom is -0.274 e. The Balaban J connectivity index is 1.57. The number of aryl methyl sites for hydroxylation is 2. The first-order valence-corrected chi connectivity index (χ1v) is 11.4. The van der Waals surface area contributed by atoms with Crippen LogP contribution in [-0.4, -0.2) is 20.9 Å². The Labute approximate surface area is 175 Å². The number of carbonyl (C=O) groups excluding carboxylic acids is 1. The van der Waals surface area contributed by atoms with Crippen LogP contribution in [0.15, 0.2) is 46.4 Å². The number of thiophene rings is 1. The molecule has 142 valence electrons. The maximum atomic E-state index is 12.4. The Hall–Kier alpha value is -2.29. The van der Waals surface area contributed by atoms with E-state index in [0.29, 0.717) is 10.9 Å². The fraction of sp³-hybridized carbons (Fsp3) is 0.200. The molecule has 4 rings (SSSR count). The SMILES string of the molecule is CC(=O)N(c1nc(CSc2ncnc3ccsc23)cs1)c1ccc(C)cc1C. The zero-order valence-electron chi connectivity index (χ0n) is 15.7. The smallest absolute Gasteiger partial charge is 0.230 e. The van der Waals surface area contributed by atoms with Gasteiger partial charge in [-0.05, 0) is 36.9 Å². The summed E-state index contributed by atoms with van der Waals surface area (Å²) in [5.41, 5.74) is 5.01. The first kappa shape index (κ1) is 19.0. The average Bonchev–Trinajstić information content (AvgIpc) is 3.31. The van der Waals surface area contributed by atoms with E-state index < -0.39 is 0 Å². The van der Waals surface area contributed by atoms with Crippen molar-refractivity contribution in [3.63, 3.8) is 0 Å². The third-order valence-electron chi connectivity index (χ3n) is 4.21. The highest BCUT2D eigenvalue weighted by molar-refractivity contribution is 7.98. The van der Waals surface area contributed by atoms with Crippen LogP contribution in [0.3, 0.4) is 0 Å². The van der Waals surface area contributed by atoms with Gasteiger partial charge in [0.25, 0.3) is 0 Å². The van der Waals surface area contributed by atoms with Gasteiger partial charge in [0.05, 0.1) is 21.6 Å². The standard InChI is InChI=1S/C20H18N4OS3/c1-12-4-5-17(13(2)8-12)24(14(3)25)20-23-15(10-28-20)9-27-19-18-16(6-7-26-18)21-11-22-19/h4-8,10-11H,9H2,1-3H3. The van der Waals surface area contributed by atoms with Crippen LogP contribution in [0.2, 0.25) is 0 Å². The molecule has 3 heterocycles. The van der Waals surface area contributed by atoms with E-state index in [4.69, 9.17) is 4.98 Å². The van der Waals surface area contributed by atoms with Gasteiger partial charge in [-0.15, -0.1) is 22.7 Å². The molecule has 5 nitrogen and oxygen atoms in total. The summed E-state index contributed by atoms with van der Waals surface area (Å²) in [5, 5.41) is 5.69. The van der Waals surface area contributed by atoms with Crippen molar-refractivity contribution in [1.29, 1.82) is 0 Å². The van der Waals surface area contributed by atoms with Crippen molar-refractivity contribution < 1.29 is 4.79 Å². The zero-order valence-corrected chi connectivity index (χ0v) is 18.1. The van der Waals surface area contributed by atoms with Crippen molar-refractivity contribution in [2.75, 3.05) is 4.90 Å². The summed E-state index contributed by atoms with van der Waals surface area (Å²) >= 11 is 4.77. The second-order valence-electron chi connectivity index (χ2n) is 6.37. The van der Waals surface area contributed by atoms with Gasteiger partial charge in [-0.25, -0.2) is 15.0 Å². The first-order chi connectivity index (χ1) is 13.5. The quantitative estimate of drug-likeness (QED) is 0.301. The van der Waals surface area contributed by atoms with Crippen LogP contribution in [0, 0.1) is 13.8 Å². The van der Waals surface area contributed by atoms with E-state index in [2.05, 4.69) is 16.0 Å². The van der Waals surface area contributed by atoms with Crippen molar-refractivity contribution in [2.45, 2.75) is 31.6 Å². The second-order valence-corrected chi connectivity index (χ2v) is 9.08. The number of aromatic nitrogens is 3. The fourth-order valence-electron chi connectivity index (χ4n) is 2.94. The van der Waals surface area contributed by atoms with E-state index in [1.54, 1.807) is 41.2 Å². The third-order valence-corrected chi connectivity index (χ3v) is 7.14. The van der Waals surface area contributed by atoms with Gasteiger partial charge in [0.1, 0.15) is 11.4 Å². The number of carbonyl (C=O) groups is 1. The summed E-state index contributed by atoms with van der Waals surface area (Å²) in [6.07, 6.45) is 1.60. The largest absolute Gasteiger partial charge is 0.274 e. The molecule has 0 aliphatic heterocycles. The fourth-order valence-corrected chi connectivity index (χ4v) is 5.76. The number of anilines is 2. The van der Waals surface area contributed by atoms with Crippen molar-refractivity contribution >= 4 is 61.4 Å². The average molecular weight is 427 g/mol. The molecule has 0 unspecified atom stereocenters. The lowest BCUT2D eigenvalue weighted by Gasteiger charge is -2.20. The minimum atomic E-state index is -0.0448. The van der Waals surface area contributed by atoms with Gasteiger partial charge in [-0.2, -0.15) is 0 Å². The maximum absolute atomic E-state index is 12.4. The number of fused-ring (bicyclic) bond motifs is 1. The van der Waals surface area contributed by atoms with E-state index in [0.717, 1.165) is 32.2 Å². The molecule has 4 aromatic rings. The lowest BCUT2D eigenvalue weighted by Crippen LogP contribution is -2.23. The summed E-state index contributed by atoms with van der Waals surface area (Å²) in [4.78, 5) is 27.5.